The third kappa shape index (κ3) is 15.1. The fraction of sp³-hybridized carbons (Fsp3) is 0.750. The van der Waals surface area contributed by atoms with Gasteiger partial charge in [-0.15, -0.1) is 0 Å². The Balaban J connectivity index is 5.18. The van der Waals surface area contributed by atoms with Gasteiger partial charge in [0.05, 0.1) is 6.29 Å². The molecule has 0 aliphatic rings. The molecule has 25 heavy (non-hydrogen) atoms. The number of rotatable bonds is 12. The zero-order chi connectivity index (χ0) is 20.1. The Morgan fingerprint density at radius 3 is 1.16 bits per heavy atom. The van der Waals surface area contributed by atoms with E-state index in [2.05, 4.69) is 6.58 Å². The summed E-state index contributed by atoms with van der Waals surface area (Å²) in [7, 11) is -17.9. The van der Waals surface area contributed by atoms with E-state index in [1.807, 2.05) is 0 Å². The molecule has 0 aromatic heterocycles. The van der Waals surface area contributed by atoms with Gasteiger partial charge in [-0.3, -0.25) is 28.1 Å². The highest BCUT2D eigenvalue weighted by molar-refractivity contribution is 7.61. The van der Waals surface area contributed by atoms with Crippen LogP contribution in [0.25, 0.3) is 0 Å². The summed E-state index contributed by atoms with van der Waals surface area (Å²) in [5.41, 5.74) is 0. The molecule has 0 saturated heterocycles. The van der Waals surface area contributed by atoms with Gasteiger partial charge in [0.25, 0.3) is 0 Å². The first-order valence-corrected chi connectivity index (χ1v) is 13.8. The van der Waals surface area contributed by atoms with Gasteiger partial charge in [-0.05, 0) is 5.82 Å². The van der Waals surface area contributed by atoms with Crippen molar-refractivity contribution in [3.8, 4) is 0 Å². The number of hydrogen-bond acceptors (Lipinski definition) is 6. The van der Waals surface area contributed by atoms with E-state index >= 15 is 0 Å². The molecule has 0 aliphatic carbocycles. The summed E-state index contributed by atoms with van der Waals surface area (Å²) in [6.07, 6.45) is -3.62. The first-order chi connectivity index (χ1) is 10.9. The van der Waals surface area contributed by atoms with E-state index in [9.17, 15) is 23.2 Å². The minimum Gasteiger partial charge on any atom is -0.341 e. The van der Waals surface area contributed by atoms with Crippen molar-refractivity contribution in [2.45, 2.75) is 0 Å². The van der Waals surface area contributed by atoms with Crippen molar-refractivity contribution in [3.05, 3.63) is 12.4 Å². The van der Waals surface area contributed by atoms with Crippen LogP contribution in [0, 0.1) is 0 Å². The summed E-state index contributed by atoms with van der Waals surface area (Å²) in [6, 6.07) is 0. The molecule has 17 heteroatoms. The molecule has 0 rings (SSSR count). The second kappa shape index (κ2) is 9.48. The van der Waals surface area contributed by atoms with Crippen LogP contribution in [0.1, 0.15) is 0 Å². The van der Waals surface area contributed by atoms with Gasteiger partial charge in [0.1, 0.15) is 18.9 Å². The summed E-state index contributed by atoms with van der Waals surface area (Å²) in [5, 5.41) is 0. The van der Waals surface area contributed by atoms with Crippen molar-refractivity contribution < 1.29 is 52.5 Å². The van der Waals surface area contributed by atoms with E-state index in [-0.39, 0.29) is 6.54 Å². The van der Waals surface area contributed by atoms with Gasteiger partial charge >= 0.3 is 22.8 Å². The molecule has 0 aliphatic heterocycles. The van der Waals surface area contributed by atoms with E-state index in [0.29, 0.717) is 10.7 Å². The van der Waals surface area contributed by atoms with Crippen LogP contribution in [-0.2, 0) is 18.3 Å². The van der Waals surface area contributed by atoms with Crippen molar-refractivity contribution in [1.29, 1.82) is 0 Å². The van der Waals surface area contributed by atoms with Crippen molar-refractivity contribution in [3.63, 3.8) is 0 Å². The molecule has 0 bridgehead atoms. The minimum absolute atomic E-state index is 0.385. The molecular formula is C8H22N2O11P4. The first-order valence-electron chi connectivity index (χ1n) is 6.46. The SMILES string of the molecule is C=CP(=O)(O)CN(CCN(CP(=O)(O)O)CP(=O)(O)O)CP(=O)(O)O. The topological polar surface area (TPSA) is 216 Å². The predicted octanol–water partition coefficient (Wildman–Crippen LogP) is -0.633. The van der Waals surface area contributed by atoms with E-state index in [1.165, 1.54) is 0 Å². The van der Waals surface area contributed by atoms with Gasteiger partial charge in [0.15, 0.2) is 0 Å². The maximum absolute atomic E-state index is 11.7. The molecule has 0 aromatic carbocycles. The van der Waals surface area contributed by atoms with Crippen LogP contribution in [0.3, 0.4) is 0 Å². The average Bonchev–Trinajstić information content (AvgIpc) is 2.29. The van der Waals surface area contributed by atoms with Crippen LogP contribution in [0.15, 0.2) is 12.4 Å². The average molecular weight is 446 g/mol. The Hall–Kier alpha value is 0.300. The van der Waals surface area contributed by atoms with Gasteiger partial charge in [-0.25, -0.2) is 0 Å². The molecule has 0 radical (unpaired) electrons. The normalized spacial score (nSPS) is 16.2. The largest absolute Gasteiger partial charge is 0.341 e. The van der Waals surface area contributed by atoms with Crippen LogP contribution in [0.2, 0.25) is 0 Å². The van der Waals surface area contributed by atoms with Crippen molar-refractivity contribution in [1.82, 2.24) is 9.80 Å². The summed E-state index contributed by atoms with van der Waals surface area (Å²) < 4.78 is 44.9. The van der Waals surface area contributed by atoms with Crippen molar-refractivity contribution in [2.24, 2.45) is 0 Å². The lowest BCUT2D eigenvalue weighted by molar-refractivity contribution is 0.233. The van der Waals surface area contributed by atoms with Gasteiger partial charge < -0.3 is 34.3 Å². The van der Waals surface area contributed by atoms with Gasteiger partial charge in [0.2, 0.25) is 7.37 Å². The Kier molecular flexibility index (Phi) is 9.60. The molecule has 0 spiro atoms. The summed E-state index contributed by atoms with van der Waals surface area (Å²) in [5.74, 6) is 0.711. The van der Waals surface area contributed by atoms with E-state index < -0.39 is 61.8 Å². The zero-order valence-electron chi connectivity index (χ0n) is 13.0. The Labute approximate surface area is 143 Å². The summed E-state index contributed by atoms with van der Waals surface area (Å²) in [4.78, 5) is 64.9. The predicted molar refractivity (Wildman–Crippen MR) is 89.0 cm³/mol. The molecule has 0 fully saturated rings. The molecule has 0 heterocycles. The molecule has 150 valence electrons. The smallest absolute Gasteiger partial charge is 0.339 e. The zero-order valence-corrected chi connectivity index (χ0v) is 16.6. The molecule has 0 saturated carbocycles. The highest BCUT2D eigenvalue weighted by Crippen LogP contribution is 2.45. The standard InChI is InChI=1S/C8H22N2O11P4/c1-2-22(11,12)5-9(6-23(13,14)15)3-4-10(7-24(16,17)18)8-25(19,20)21/h2H,1,3-8H2,(H,11,12)(H2,13,14,15)(H2,16,17,18)(H2,19,20,21). The third-order valence-corrected chi connectivity index (χ3v) is 6.25. The second-order valence-electron chi connectivity index (χ2n) is 5.29. The molecule has 0 aromatic rings. The highest BCUT2D eigenvalue weighted by atomic mass is 31.2. The Morgan fingerprint density at radius 2 is 0.920 bits per heavy atom. The lowest BCUT2D eigenvalue weighted by Gasteiger charge is -2.28. The van der Waals surface area contributed by atoms with Gasteiger partial charge in [-0.2, -0.15) is 0 Å². The van der Waals surface area contributed by atoms with Crippen LogP contribution in [0.5, 0.6) is 0 Å². The van der Waals surface area contributed by atoms with Crippen LogP contribution in [-0.4, -0.2) is 82.3 Å². The fourth-order valence-corrected chi connectivity index (χ4v) is 5.31. The lowest BCUT2D eigenvalue weighted by atomic mass is 10.5. The van der Waals surface area contributed by atoms with Crippen molar-refractivity contribution >= 4 is 30.2 Å². The molecule has 1 atom stereocenters. The number of nitrogens with zero attached hydrogens (tertiary/aromatic N) is 2. The molecule has 7 N–H and O–H groups in total. The molecule has 13 nitrogen and oxygen atoms in total. The van der Waals surface area contributed by atoms with Crippen LogP contribution < -0.4 is 0 Å². The van der Waals surface area contributed by atoms with Crippen LogP contribution >= 0.6 is 30.2 Å². The van der Waals surface area contributed by atoms with Gasteiger partial charge in [-0.1, -0.05) is 6.58 Å². The minimum atomic E-state index is -4.67. The summed E-state index contributed by atoms with van der Waals surface area (Å²) >= 11 is 0. The highest BCUT2D eigenvalue weighted by Gasteiger charge is 2.29. The van der Waals surface area contributed by atoms with E-state index in [4.69, 9.17) is 29.4 Å². The van der Waals surface area contributed by atoms with E-state index in [0.717, 1.165) is 4.90 Å². The van der Waals surface area contributed by atoms with Crippen LogP contribution in [0.4, 0.5) is 0 Å². The maximum Gasteiger partial charge on any atom is 0.339 e. The first kappa shape index (κ1) is 25.3. The van der Waals surface area contributed by atoms with Gasteiger partial charge in [0, 0.05) is 13.1 Å². The monoisotopic (exact) mass is 446 g/mol. The molecule has 0 amide bonds. The maximum atomic E-state index is 11.7. The Bertz CT molecular complexity index is 612. The second-order valence-corrected chi connectivity index (χ2v) is 12.3. The number of hydrogen-bond donors (Lipinski definition) is 7. The fourth-order valence-electron chi connectivity index (χ4n) is 1.78. The third-order valence-electron chi connectivity index (χ3n) is 2.57. The summed E-state index contributed by atoms with van der Waals surface area (Å²) in [6.45, 7) is 2.32. The lowest BCUT2D eigenvalue weighted by Crippen LogP contribution is -2.37. The molecule has 1 unspecified atom stereocenters. The van der Waals surface area contributed by atoms with E-state index in [1.54, 1.807) is 0 Å². The quantitative estimate of drug-likeness (QED) is 0.186. The molecular weight excluding hydrogens is 424 g/mol. The Morgan fingerprint density at radius 1 is 0.640 bits per heavy atom. The van der Waals surface area contributed by atoms with Crippen molar-refractivity contribution in [2.75, 3.05) is 38.2 Å².